The predicted molar refractivity (Wildman–Crippen MR) is 129 cm³/mol. The minimum absolute atomic E-state index is 0. The number of carboxylic acids is 1. The first kappa shape index (κ1) is 27.1. The van der Waals surface area contributed by atoms with Crippen LogP contribution in [0, 0.1) is 5.92 Å². The largest absolute Gasteiger partial charge is 0.508 e. The van der Waals surface area contributed by atoms with E-state index in [2.05, 4.69) is 29.7 Å². The topological polar surface area (TPSA) is 113 Å². The molecule has 7 heteroatoms. The van der Waals surface area contributed by atoms with Crippen LogP contribution in [0.5, 0.6) is 5.75 Å². The molecule has 4 N–H and O–H groups in total. The number of aliphatic carboxylic acids is 1. The zero-order chi connectivity index (χ0) is 23.1. The molecule has 0 bridgehead atoms. The summed E-state index contributed by atoms with van der Waals surface area (Å²) in [7, 11) is 0. The van der Waals surface area contributed by atoms with Gasteiger partial charge in [-0.05, 0) is 61.3 Å². The number of carboxylic acid groups (broad SMARTS) is 1. The Morgan fingerprint density at radius 2 is 1.91 bits per heavy atom. The van der Waals surface area contributed by atoms with Gasteiger partial charge in [-0.3, -0.25) is 9.59 Å². The zero-order valence-corrected chi connectivity index (χ0v) is 20.3. The average molecular weight is 463 g/mol. The number of hydrogen-bond acceptors (Lipinski definition) is 4. The maximum Gasteiger partial charge on any atom is 0.303 e. The third-order valence-electron chi connectivity index (χ3n) is 7.85. The maximum absolute atomic E-state index is 13.0. The highest BCUT2D eigenvalue weighted by Crippen LogP contribution is 2.40. The van der Waals surface area contributed by atoms with Crippen LogP contribution in [0.2, 0.25) is 0 Å². The van der Waals surface area contributed by atoms with Gasteiger partial charge in [0.05, 0.1) is 0 Å². The van der Waals surface area contributed by atoms with E-state index >= 15 is 0 Å². The fourth-order valence-corrected chi connectivity index (χ4v) is 5.50. The second-order valence-electron chi connectivity index (χ2n) is 10.0. The summed E-state index contributed by atoms with van der Waals surface area (Å²) in [5.41, 5.74) is 1.23. The van der Waals surface area contributed by atoms with Crippen LogP contribution < -0.4 is 0 Å². The average Bonchev–Trinajstić information content (AvgIpc) is 2.77. The third kappa shape index (κ3) is 7.18. The molecule has 3 rings (SSSR count). The Hall–Kier alpha value is -2.12. The minimum Gasteiger partial charge on any atom is -0.508 e. The molecule has 1 aliphatic heterocycles. The first-order chi connectivity index (χ1) is 15.3. The number of carbonyl (C=O) groups is 2. The summed E-state index contributed by atoms with van der Waals surface area (Å²) in [5.74, 6) is 0.0437. The van der Waals surface area contributed by atoms with Gasteiger partial charge in [-0.15, -0.1) is 0 Å². The smallest absolute Gasteiger partial charge is 0.303 e. The van der Waals surface area contributed by atoms with Crippen LogP contribution in [0.3, 0.4) is 0 Å². The summed E-state index contributed by atoms with van der Waals surface area (Å²) >= 11 is 0. The first-order valence-corrected chi connectivity index (χ1v) is 12.3. The number of phenols is 1. The van der Waals surface area contributed by atoms with Gasteiger partial charge in [0.15, 0.2) is 0 Å². The van der Waals surface area contributed by atoms with Crippen LogP contribution in [-0.2, 0) is 15.0 Å². The normalized spacial score (nSPS) is 24.1. The lowest BCUT2D eigenvalue weighted by Crippen LogP contribution is -2.51. The molecular weight excluding hydrogens is 420 g/mol. The molecule has 1 aromatic carbocycles. The molecule has 2 atom stereocenters. The quantitative estimate of drug-likeness (QED) is 0.582. The molecule has 0 spiro atoms. The fourth-order valence-electron chi connectivity index (χ4n) is 5.50. The van der Waals surface area contributed by atoms with Gasteiger partial charge < -0.3 is 25.5 Å². The van der Waals surface area contributed by atoms with Crippen LogP contribution in [0.25, 0.3) is 0 Å². The van der Waals surface area contributed by atoms with E-state index in [1.54, 1.807) is 6.07 Å². The molecule has 1 aliphatic carbocycles. The van der Waals surface area contributed by atoms with Crippen LogP contribution in [0.4, 0.5) is 0 Å². The summed E-state index contributed by atoms with van der Waals surface area (Å²) < 4.78 is 0. The standard InChI is InChI=1S/C26H40N2O4.H2O/c1-20-19-27(15-14-26(20,2)21-8-6-11-23(29)18-21)16-17-28(22-9-4-3-5-10-22)24(30)12-7-13-25(31)32;/h6,8,11,18,20,22,29H,3-5,7,9-10,12-17,19H2,1-2H3,(H,31,32);1H2. The lowest BCUT2D eigenvalue weighted by atomic mass is 9.68. The van der Waals surface area contributed by atoms with Crippen LogP contribution in [0.1, 0.15) is 77.2 Å². The van der Waals surface area contributed by atoms with E-state index in [0.29, 0.717) is 30.6 Å². The van der Waals surface area contributed by atoms with Crippen molar-refractivity contribution >= 4 is 11.9 Å². The van der Waals surface area contributed by atoms with Crippen LogP contribution in [-0.4, -0.2) is 69.6 Å². The number of carbonyl (C=O) groups excluding carboxylic acids is 1. The minimum atomic E-state index is -0.834. The van der Waals surface area contributed by atoms with E-state index in [9.17, 15) is 14.7 Å². The van der Waals surface area contributed by atoms with Gasteiger partial charge in [0, 0.05) is 38.5 Å². The summed E-state index contributed by atoms with van der Waals surface area (Å²) in [6, 6.07) is 7.97. The fraction of sp³-hybridized carbons (Fsp3) is 0.692. The Morgan fingerprint density at radius 3 is 2.55 bits per heavy atom. The first-order valence-electron chi connectivity index (χ1n) is 12.3. The van der Waals surface area contributed by atoms with Gasteiger partial charge in [0.1, 0.15) is 5.75 Å². The van der Waals surface area contributed by atoms with Crippen LogP contribution >= 0.6 is 0 Å². The highest BCUT2D eigenvalue weighted by Gasteiger charge is 2.38. The Labute approximate surface area is 198 Å². The van der Waals surface area contributed by atoms with E-state index in [-0.39, 0.29) is 23.2 Å². The third-order valence-corrected chi connectivity index (χ3v) is 7.85. The molecule has 1 amide bonds. The number of benzene rings is 1. The van der Waals surface area contributed by atoms with Crippen LogP contribution in [0.15, 0.2) is 24.3 Å². The van der Waals surface area contributed by atoms with Crippen molar-refractivity contribution in [3.8, 4) is 5.75 Å². The van der Waals surface area contributed by atoms with Crippen molar-refractivity contribution < 1.29 is 25.3 Å². The summed E-state index contributed by atoms with van der Waals surface area (Å²) in [6.07, 6.45) is 7.55. The number of hydrogen-bond donors (Lipinski definition) is 2. The Bertz CT molecular complexity index is 780. The SMILES string of the molecule is CC1CN(CCN(C(=O)CCCC(=O)O)C2CCCCC2)CCC1(C)c1cccc(O)c1.O. The lowest BCUT2D eigenvalue weighted by Gasteiger charge is -2.46. The summed E-state index contributed by atoms with van der Waals surface area (Å²) in [4.78, 5) is 28.3. The maximum atomic E-state index is 13.0. The van der Waals surface area contributed by atoms with E-state index in [0.717, 1.165) is 45.4 Å². The Kier molecular flexibility index (Phi) is 10.2. The van der Waals surface area contributed by atoms with Crippen molar-refractivity contribution in [1.82, 2.24) is 9.80 Å². The zero-order valence-electron chi connectivity index (χ0n) is 20.3. The lowest BCUT2D eigenvalue weighted by molar-refractivity contribution is -0.137. The molecule has 0 radical (unpaired) electrons. The van der Waals surface area contributed by atoms with E-state index in [4.69, 9.17) is 5.11 Å². The molecule has 33 heavy (non-hydrogen) atoms. The highest BCUT2D eigenvalue weighted by molar-refractivity contribution is 5.77. The Balaban J connectivity index is 0.00000385. The molecule has 1 aromatic rings. The monoisotopic (exact) mass is 462 g/mol. The summed E-state index contributed by atoms with van der Waals surface area (Å²) in [6.45, 7) is 8.12. The second-order valence-corrected chi connectivity index (χ2v) is 10.0. The van der Waals surface area contributed by atoms with Crippen molar-refractivity contribution in [2.75, 3.05) is 26.2 Å². The number of phenolic OH excluding ortho intramolecular Hbond substituents is 1. The van der Waals surface area contributed by atoms with Crippen molar-refractivity contribution in [3.63, 3.8) is 0 Å². The highest BCUT2D eigenvalue weighted by atomic mass is 16.4. The molecule has 1 saturated carbocycles. The molecule has 0 aromatic heterocycles. The molecule has 7 nitrogen and oxygen atoms in total. The van der Waals surface area contributed by atoms with Crippen molar-refractivity contribution in [3.05, 3.63) is 29.8 Å². The van der Waals surface area contributed by atoms with Gasteiger partial charge in [-0.2, -0.15) is 0 Å². The summed E-state index contributed by atoms with van der Waals surface area (Å²) in [5, 5.41) is 18.8. The van der Waals surface area contributed by atoms with Crippen molar-refractivity contribution in [1.29, 1.82) is 0 Å². The molecule has 2 aliphatic rings. The molecule has 2 unspecified atom stereocenters. The van der Waals surface area contributed by atoms with Gasteiger partial charge >= 0.3 is 5.97 Å². The number of nitrogens with zero attached hydrogens (tertiary/aromatic N) is 2. The van der Waals surface area contributed by atoms with Gasteiger partial charge in [0.25, 0.3) is 0 Å². The molecule has 186 valence electrons. The molecule has 1 heterocycles. The second kappa shape index (κ2) is 12.4. The number of amides is 1. The number of piperidine rings is 1. The van der Waals surface area contributed by atoms with Gasteiger partial charge in [-0.25, -0.2) is 0 Å². The van der Waals surface area contributed by atoms with Crippen molar-refractivity contribution in [2.45, 2.75) is 83.1 Å². The number of aromatic hydroxyl groups is 1. The van der Waals surface area contributed by atoms with E-state index in [1.165, 1.54) is 24.8 Å². The molecular formula is C26H42N2O5. The molecule has 2 fully saturated rings. The molecule has 1 saturated heterocycles. The van der Waals surface area contributed by atoms with E-state index < -0.39 is 5.97 Å². The predicted octanol–water partition coefficient (Wildman–Crippen LogP) is 3.58. The van der Waals surface area contributed by atoms with Gasteiger partial charge in [-0.1, -0.05) is 45.2 Å². The number of rotatable bonds is 9. The van der Waals surface area contributed by atoms with Crippen molar-refractivity contribution in [2.24, 2.45) is 5.92 Å². The Morgan fingerprint density at radius 1 is 1.18 bits per heavy atom. The van der Waals surface area contributed by atoms with E-state index in [1.807, 2.05) is 12.1 Å². The number of likely N-dealkylation sites (tertiary alicyclic amines) is 1. The van der Waals surface area contributed by atoms with Gasteiger partial charge in [0.2, 0.25) is 5.91 Å².